The Morgan fingerprint density at radius 3 is 2.09 bits per heavy atom. The molecular formula is C19H26F6N2O6. The van der Waals surface area contributed by atoms with Crippen LogP contribution in [0.25, 0.3) is 0 Å². The van der Waals surface area contributed by atoms with Crippen LogP contribution in [0.4, 0.5) is 26.3 Å². The van der Waals surface area contributed by atoms with E-state index in [1.807, 2.05) is 6.07 Å². The van der Waals surface area contributed by atoms with E-state index in [1.165, 1.54) is 6.42 Å². The molecule has 3 atom stereocenters. The van der Waals surface area contributed by atoms with Gasteiger partial charge in [0.25, 0.3) is 0 Å². The van der Waals surface area contributed by atoms with Crippen LogP contribution in [-0.4, -0.2) is 90.7 Å². The topological polar surface area (TPSA) is 103 Å². The lowest BCUT2D eigenvalue weighted by molar-refractivity contribution is -0.193. The molecule has 2 N–H and O–H groups in total. The molecule has 190 valence electrons. The minimum atomic E-state index is -5.08. The Balaban J connectivity index is 0.000000324. The number of carbonyl (C=O) groups is 2. The summed E-state index contributed by atoms with van der Waals surface area (Å²) >= 11 is 0. The Bertz CT molecular complexity index is 714. The van der Waals surface area contributed by atoms with Gasteiger partial charge in [-0.05, 0) is 45.1 Å². The van der Waals surface area contributed by atoms with Gasteiger partial charge in [-0.3, -0.25) is 4.90 Å². The molecule has 2 aliphatic heterocycles. The number of carboxylic acid groups (broad SMARTS) is 2. The lowest BCUT2D eigenvalue weighted by Crippen LogP contribution is -2.42. The van der Waals surface area contributed by atoms with Crippen LogP contribution in [0.15, 0.2) is 22.8 Å². The molecule has 2 aliphatic rings. The van der Waals surface area contributed by atoms with Crippen LogP contribution >= 0.6 is 0 Å². The van der Waals surface area contributed by atoms with Crippen molar-refractivity contribution in [3.63, 3.8) is 0 Å². The van der Waals surface area contributed by atoms with E-state index in [2.05, 4.69) is 30.0 Å². The maximum Gasteiger partial charge on any atom is 0.490 e. The molecule has 3 heterocycles. The molecule has 2 saturated heterocycles. The van der Waals surface area contributed by atoms with Crippen molar-refractivity contribution >= 4 is 11.9 Å². The minimum absolute atomic E-state index is 0.436. The van der Waals surface area contributed by atoms with Gasteiger partial charge >= 0.3 is 24.3 Å². The number of hydrogen-bond acceptors (Lipinski definition) is 6. The average molecular weight is 492 g/mol. The van der Waals surface area contributed by atoms with E-state index in [-0.39, 0.29) is 0 Å². The van der Waals surface area contributed by atoms with Gasteiger partial charge in [-0.2, -0.15) is 26.3 Å². The van der Waals surface area contributed by atoms with Crippen molar-refractivity contribution in [3.8, 4) is 0 Å². The first-order chi connectivity index (χ1) is 15.1. The summed E-state index contributed by atoms with van der Waals surface area (Å²) in [7, 11) is 4.26. The van der Waals surface area contributed by atoms with Crippen LogP contribution in [0.1, 0.15) is 12.2 Å². The fourth-order valence-corrected chi connectivity index (χ4v) is 3.48. The highest BCUT2D eigenvalue weighted by Crippen LogP contribution is 2.35. The summed E-state index contributed by atoms with van der Waals surface area (Å²) in [6, 6.07) is 4.03. The fourth-order valence-electron chi connectivity index (χ4n) is 3.48. The zero-order chi connectivity index (χ0) is 25.4. The molecule has 0 saturated carbocycles. The smallest absolute Gasteiger partial charge is 0.475 e. The van der Waals surface area contributed by atoms with Crippen molar-refractivity contribution in [2.75, 3.05) is 40.3 Å². The monoisotopic (exact) mass is 492 g/mol. The molecule has 3 rings (SSSR count). The van der Waals surface area contributed by atoms with Crippen LogP contribution in [0.3, 0.4) is 0 Å². The second-order valence-corrected chi connectivity index (χ2v) is 7.77. The number of hydrogen-bond donors (Lipinski definition) is 2. The van der Waals surface area contributed by atoms with E-state index in [9.17, 15) is 26.3 Å². The Hall–Kier alpha value is -2.32. The zero-order valence-corrected chi connectivity index (χ0v) is 17.9. The van der Waals surface area contributed by atoms with E-state index in [0.29, 0.717) is 12.0 Å². The summed E-state index contributed by atoms with van der Waals surface area (Å²) in [5, 5.41) is 14.2. The van der Waals surface area contributed by atoms with Crippen LogP contribution in [0.2, 0.25) is 0 Å². The Morgan fingerprint density at radius 1 is 1.12 bits per heavy atom. The molecule has 0 bridgehead atoms. The molecule has 14 heteroatoms. The lowest BCUT2D eigenvalue weighted by Gasteiger charge is -2.35. The third kappa shape index (κ3) is 10.4. The number of ether oxygens (including phenoxy) is 1. The Morgan fingerprint density at radius 2 is 1.67 bits per heavy atom. The van der Waals surface area contributed by atoms with Crippen molar-refractivity contribution < 1.29 is 55.3 Å². The molecule has 1 aromatic rings. The molecule has 0 unspecified atom stereocenters. The number of carboxylic acids is 2. The molecule has 1 aromatic heterocycles. The molecule has 0 spiro atoms. The van der Waals surface area contributed by atoms with Crippen molar-refractivity contribution in [1.29, 1.82) is 0 Å². The summed E-state index contributed by atoms with van der Waals surface area (Å²) in [6.45, 7) is 5.23. The summed E-state index contributed by atoms with van der Waals surface area (Å²) < 4.78 is 74.9. The van der Waals surface area contributed by atoms with E-state index < -0.39 is 24.3 Å². The number of likely N-dealkylation sites (N-methyl/N-ethyl adjacent to an activating group) is 1. The Kier molecular flexibility index (Phi) is 10.6. The zero-order valence-electron chi connectivity index (χ0n) is 17.9. The minimum Gasteiger partial charge on any atom is -0.475 e. The third-order valence-electron chi connectivity index (χ3n) is 4.87. The molecular weight excluding hydrogens is 466 g/mol. The molecule has 33 heavy (non-hydrogen) atoms. The number of alkyl halides is 6. The fraction of sp³-hybridized carbons (Fsp3) is 0.684. The van der Waals surface area contributed by atoms with Gasteiger partial charge in [-0.25, -0.2) is 9.59 Å². The summed E-state index contributed by atoms with van der Waals surface area (Å²) in [6.07, 6.45) is -6.72. The molecule has 8 nitrogen and oxygen atoms in total. The standard InChI is InChI=1S/C15H24N2O2.2C2HF3O2/c1-16(2)10-15-14-5-6-17(8-12(14)11-19-15)9-13-4-3-7-18-13;2*3-2(4,5)1(6)7/h3-4,7,12,14-15H,5-6,8-11H2,1-2H3;2*(H,6,7)/t12-,14-,15+;;/m1../s1. The molecule has 0 aromatic carbocycles. The van der Waals surface area contributed by atoms with Crippen LogP contribution in [-0.2, 0) is 20.9 Å². The number of piperidine rings is 1. The van der Waals surface area contributed by atoms with E-state index in [0.717, 1.165) is 44.5 Å². The van der Waals surface area contributed by atoms with Gasteiger partial charge in [0.15, 0.2) is 0 Å². The van der Waals surface area contributed by atoms with Gasteiger partial charge < -0.3 is 24.3 Å². The SMILES string of the molecule is CN(C)C[C@@H]1OC[C@H]2CN(Cc3ccco3)CC[C@H]21.O=C(O)C(F)(F)F.O=C(O)C(F)(F)F. The number of aliphatic carboxylic acids is 2. The highest BCUT2D eigenvalue weighted by Gasteiger charge is 2.41. The second kappa shape index (κ2) is 12.2. The number of furan rings is 1. The summed E-state index contributed by atoms with van der Waals surface area (Å²) in [4.78, 5) is 22.5. The number of likely N-dealkylation sites (tertiary alicyclic amines) is 1. The maximum absolute atomic E-state index is 10.6. The van der Waals surface area contributed by atoms with Crippen molar-refractivity contribution in [2.45, 2.75) is 31.4 Å². The predicted molar refractivity (Wildman–Crippen MR) is 101 cm³/mol. The summed E-state index contributed by atoms with van der Waals surface area (Å²) in [5.74, 6) is -2.99. The highest BCUT2D eigenvalue weighted by molar-refractivity contribution is 5.73. The maximum atomic E-state index is 10.6. The van der Waals surface area contributed by atoms with Gasteiger partial charge in [0.2, 0.25) is 0 Å². The number of nitrogens with zero attached hydrogens (tertiary/aromatic N) is 2. The number of rotatable bonds is 4. The molecule has 0 aliphatic carbocycles. The van der Waals surface area contributed by atoms with E-state index in [1.54, 1.807) is 6.26 Å². The van der Waals surface area contributed by atoms with Gasteiger partial charge in [-0.15, -0.1) is 0 Å². The van der Waals surface area contributed by atoms with Crippen molar-refractivity contribution in [3.05, 3.63) is 24.2 Å². The number of fused-ring (bicyclic) bond motifs is 1. The van der Waals surface area contributed by atoms with Crippen molar-refractivity contribution in [2.24, 2.45) is 11.8 Å². The van der Waals surface area contributed by atoms with Crippen LogP contribution in [0, 0.1) is 11.8 Å². The van der Waals surface area contributed by atoms with Crippen molar-refractivity contribution in [1.82, 2.24) is 9.80 Å². The second-order valence-electron chi connectivity index (χ2n) is 7.77. The van der Waals surface area contributed by atoms with Gasteiger partial charge in [0.1, 0.15) is 5.76 Å². The first kappa shape index (κ1) is 28.7. The van der Waals surface area contributed by atoms with Gasteiger partial charge in [-0.1, -0.05) is 0 Å². The quantitative estimate of drug-likeness (QED) is 0.619. The van der Waals surface area contributed by atoms with Crippen LogP contribution < -0.4 is 0 Å². The Labute approximate surface area is 185 Å². The van der Waals surface area contributed by atoms with Gasteiger partial charge in [0, 0.05) is 19.0 Å². The summed E-state index contributed by atoms with van der Waals surface area (Å²) in [5.41, 5.74) is 0. The highest BCUT2D eigenvalue weighted by atomic mass is 19.4. The number of halogens is 6. The largest absolute Gasteiger partial charge is 0.490 e. The molecule has 2 fully saturated rings. The molecule has 0 amide bonds. The normalized spacial score (nSPS) is 23.1. The predicted octanol–water partition coefficient (Wildman–Crippen LogP) is 2.94. The lowest BCUT2D eigenvalue weighted by atomic mass is 9.84. The van der Waals surface area contributed by atoms with Gasteiger partial charge in [0.05, 0.1) is 25.5 Å². The van der Waals surface area contributed by atoms with E-state index in [4.69, 9.17) is 29.0 Å². The van der Waals surface area contributed by atoms with Crippen LogP contribution in [0.5, 0.6) is 0 Å². The van der Waals surface area contributed by atoms with E-state index >= 15 is 0 Å². The first-order valence-electron chi connectivity index (χ1n) is 9.72. The third-order valence-corrected chi connectivity index (χ3v) is 4.87. The first-order valence-corrected chi connectivity index (χ1v) is 9.72. The average Bonchev–Trinajstić information content (AvgIpc) is 3.31. The molecule has 0 radical (unpaired) electrons.